The first-order chi connectivity index (χ1) is 15.2. The Hall–Kier alpha value is -3.38. The number of benzene rings is 2. The Kier molecular flexibility index (Phi) is 6.79. The highest BCUT2D eigenvalue weighted by Crippen LogP contribution is 2.18. The lowest BCUT2D eigenvalue weighted by Crippen LogP contribution is -2.49. The van der Waals surface area contributed by atoms with Crippen LogP contribution >= 0.6 is 0 Å². The van der Waals surface area contributed by atoms with Crippen molar-refractivity contribution in [1.82, 2.24) is 14.8 Å². The van der Waals surface area contributed by atoms with E-state index in [0.717, 1.165) is 31.1 Å². The number of aromatic nitrogens is 1. The maximum absolute atomic E-state index is 12.4. The van der Waals surface area contributed by atoms with E-state index in [9.17, 15) is 4.79 Å². The monoisotopic (exact) mass is 416 g/mol. The Morgan fingerprint density at radius 3 is 2.58 bits per heavy atom. The van der Waals surface area contributed by atoms with Crippen LogP contribution in [0.3, 0.4) is 0 Å². The molecular formula is C25H28N4O2. The SMILES string of the molecule is Cc1cccc(COc2cccc(CN3CCN(C(=O)Nc4cccnc4)CC3)c2)c1. The van der Waals surface area contributed by atoms with Crippen molar-refractivity contribution >= 4 is 11.7 Å². The quantitative estimate of drug-likeness (QED) is 0.650. The summed E-state index contributed by atoms with van der Waals surface area (Å²) in [6.07, 6.45) is 3.35. The van der Waals surface area contributed by atoms with E-state index in [2.05, 4.69) is 58.5 Å². The second-order valence-electron chi connectivity index (χ2n) is 7.86. The third kappa shape index (κ3) is 6.06. The highest BCUT2D eigenvalue weighted by molar-refractivity contribution is 5.89. The van der Waals surface area contributed by atoms with Crippen LogP contribution in [0.4, 0.5) is 10.5 Å². The molecule has 6 nitrogen and oxygen atoms in total. The fourth-order valence-electron chi connectivity index (χ4n) is 3.71. The molecule has 0 atom stereocenters. The van der Waals surface area contributed by atoms with Crippen LogP contribution in [0.5, 0.6) is 5.75 Å². The highest BCUT2D eigenvalue weighted by Gasteiger charge is 2.21. The number of carbonyl (C=O) groups excluding carboxylic acids is 1. The molecule has 2 aromatic carbocycles. The Morgan fingerprint density at radius 1 is 1.00 bits per heavy atom. The highest BCUT2D eigenvalue weighted by atomic mass is 16.5. The van der Waals surface area contributed by atoms with Crippen LogP contribution < -0.4 is 10.1 Å². The fourth-order valence-corrected chi connectivity index (χ4v) is 3.71. The van der Waals surface area contributed by atoms with Crippen molar-refractivity contribution in [3.8, 4) is 5.75 Å². The lowest BCUT2D eigenvalue weighted by atomic mass is 10.1. The van der Waals surface area contributed by atoms with Gasteiger partial charge in [0.25, 0.3) is 0 Å². The van der Waals surface area contributed by atoms with Gasteiger partial charge in [-0.2, -0.15) is 0 Å². The number of piperazine rings is 1. The Morgan fingerprint density at radius 2 is 1.81 bits per heavy atom. The van der Waals surface area contributed by atoms with Crippen molar-refractivity contribution in [3.05, 3.63) is 89.7 Å². The third-order valence-corrected chi connectivity index (χ3v) is 5.36. The minimum Gasteiger partial charge on any atom is -0.489 e. The molecule has 160 valence electrons. The molecule has 0 unspecified atom stereocenters. The van der Waals surface area contributed by atoms with Gasteiger partial charge in [0.1, 0.15) is 12.4 Å². The molecule has 1 aliphatic rings. The van der Waals surface area contributed by atoms with E-state index in [-0.39, 0.29) is 6.03 Å². The molecule has 1 fully saturated rings. The molecule has 4 rings (SSSR count). The lowest BCUT2D eigenvalue weighted by Gasteiger charge is -2.34. The van der Waals surface area contributed by atoms with Crippen molar-refractivity contribution in [2.45, 2.75) is 20.1 Å². The van der Waals surface area contributed by atoms with Crippen molar-refractivity contribution < 1.29 is 9.53 Å². The predicted octanol–water partition coefficient (Wildman–Crippen LogP) is 4.32. The van der Waals surface area contributed by atoms with Crippen molar-refractivity contribution in [1.29, 1.82) is 0 Å². The van der Waals surface area contributed by atoms with Crippen molar-refractivity contribution in [2.24, 2.45) is 0 Å². The van der Waals surface area contributed by atoms with E-state index in [1.807, 2.05) is 29.2 Å². The number of urea groups is 1. The van der Waals surface area contributed by atoms with Crippen LogP contribution in [-0.2, 0) is 13.2 Å². The molecule has 1 aromatic heterocycles. The number of pyridine rings is 1. The number of rotatable bonds is 6. The number of hydrogen-bond acceptors (Lipinski definition) is 4. The Bertz CT molecular complexity index is 1000. The summed E-state index contributed by atoms with van der Waals surface area (Å²) in [5.74, 6) is 0.883. The first-order valence-corrected chi connectivity index (χ1v) is 10.6. The molecule has 1 aliphatic heterocycles. The Balaban J connectivity index is 1.25. The molecule has 0 aliphatic carbocycles. The van der Waals surface area contributed by atoms with Crippen LogP contribution in [0, 0.1) is 6.92 Å². The van der Waals surface area contributed by atoms with Gasteiger partial charge in [-0.3, -0.25) is 9.88 Å². The predicted molar refractivity (Wildman–Crippen MR) is 122 cm³/mol. The van der Waals surface area contributed by atoms with Crippen molar-refractivity contribution in [2.75, 3.05) is 31.5 Å². The van der Waals surface area contributed by atoms with Crippen LogP contribution in [0.25, 0.3) is 0 Å². The first kappa shape index (κ1) is 20.9. The van der Waals surface area contributed by atoms with E-state index >= 15 is 0 Å². The summed E-state index contributed by atoms with van der Waals surface area (Å²) in [5, 5.41) is 2.90. The number of aryl methyl sites for hydroxylation is 1. The van der Waals surface area contributed by atoms with Gasteiger partial charge in [-0.25, -0.2) is 4.79 Å². The third-order valence-electron chi connectivity index (χ3n) is 5.36. The summed E-state index contributed by atoms with van der Waals surface area (Å²) in [4.78, 5) is 20.7. The summed E-state index contributed by atoms with van der Waals surface area (Å²) in [6, 6.07) is 20.2. The van der Waals surface area contributed by atoms with Gasteiger partial charge in [-0.05, 0) is 42.3 Å². The van der Waals surface area contributed by atoms with Gasteiger partial charge < -0.3 is 15.0 Å². The van der Waals surface area contributed by atoms with Crippen LogP contribution in [0.1, 0.15) is 16.7 Å². The average molecular weight is 417 g/mol. The van der Waals surface area contributed by atoms with Gasteiger partial charge in [0.15, 0.2) is 0 Å². The van der Waals surface area contributed by atoms with E-state index in [1.54, 1.807) is 12.4 Å². The molecule has 31 heavy (non-hydrogen) atoms. The molecule has 3 aromatic rings. The lowest BCUT2D eigenvalue weighted by molar-refractivity contribution is 0.143. The zero-order valence-corrected chi connectivity index (χ0v) is 17.8. The summed E-state index contributed by atoms with van der Waals surface area (Å²) in [6.45, 7) is 6.59. The number of ether oxygens (including phenoxy) is 1. The topological polar surface area (TPSA) is 57.7 Å². The number of nitrogens with one attached hydrogen (secondary N) is 1. The number of amides is 2. The summed E-state index contributed by atoms with van der Waals surface area (Å²) in [5.41, 5.74) is 4.35. The minimum absolute atomic E-state index is 0.0702. The van der Waals surface area contributed by atoms with Gasteiger partial charge in [-0.1, -0.05) is 42.0 Å². The average Bonchev–Trinajstić information content (AvgIpc) is 2.79. The second-order valence-corrected chi connectivity index (χ2v) is 7.86. The number of carbonyl (C=O) groups is 1. The van der Waals surface area contributed by atoms with Crippen molar-refractivity contribution in [3.63, 3.8) is 0 Å². The van der Waals surface area contributed by atoms with Gasteiger partial charge in [0.05, 0.1) is 11.9 Å². The zero-order valence-electron chi connectivity index (χ0n) is 17.8. The van der Waals surface area contributed by atoms with Gasteiger partial charge in [-0.15, -0.1) is 0 Å². The smallest absolute Gasteiger partial charge is 0.321 e. The molecule has 6 heteroatoms. The summed E-state index contributed by atoms with van der Waals surface area (Å²) in [7, 11) is 0. The normalized spacial score (nSPS) is 14.3. The maximum atomic E-state index is 12.4. The van der Waals surface area contributed by atoms with Crippen LogP contribution in [0.2, 0.25) is 0 Å². The standard InChI is InChI=1S/C25H28N4O2/c1-20-5-2-7-22(15-20)19-31-24-9-3-6-21(16-24)18-28-11-13-29(14-12-28)25(30)27-23-8-4-10-26-17-23/h2-10,15-17H,11-14,18-19H2,1H3,(H,27,30). The number of anilines is 1. The van der Waals surface area contributed by atoms with E-state index in [4.69, 9.17) is 4.74 Å². The van der Waals surface area contributed by atoms with Gasteiger partial charge >= 0.3 is 6.03 Å². The van der Waals surface area contributed by atoms with Gasteiger partial charge in [0.2, 0.25) is 0 Å². The molecule has 1 N–H and O–H groups in total. The van der Waals surface area contributed by atoms with E-state index in [0.29, 0.717) is 19.7 Å². The van der Waals surface area contributed by atoms with E-state index < -0.39 is 0 Å². The van der Waals surface area contributed by atoms with Crippen LogP contribution in [-0.4, -0.2) is 47.0 Å². The minimum atomic E-state index is -0.0702. The largest absolute Gasteiger partial charge is 0.489 e. The second kappa shape index (κ2) is 10.1. The molecule has 0 saturated carbocycles. The Labute approximate surface area is 183 Å². The summed E-state index contributed by atoms with van der Waals surface area (Å²) >= 11 is 0. The fraction of sp³-hybridized carbons (Fsp3) is 0.280. The van der Waals surface area contributed by atoms with Crippen LogP contribution in [0.15, 0.2) is 73.1 Å². The van der Waals surface area contributed by atoms with E-state index in [1.165, 1.54) is 16.7 Å². The summed E-state index contributed by atoms with van der Waals surface area (Å²) < 4.78 is 6.00. The molecule has 1 saturated heterocycles. The molecule has 0 bridgehead atoms. The molecule has 2 heterocycles. The molecule has 0 radical (unpaired) electrons. The molecular weight excluding hydrogens is 388 g/mol. The molecule has 2 amide bonds. The number of hydrogen-bond donors (Lipinski definition) is 1. The maximum Gasteiger partial charge on any atom is 0.321 e. The molecule has 0 spiro atoms. The first-order valence-electron chi connectivity index (χ1n) is 10.6. The van der Waals surface area contributed by atoms with Gasteiger partial charge in [0, 0.05) is 38.9 Å². The number of nitrogens with zero attached hydrogens (tertiary/aromatic N) is 3. The zero-order chi connectivity index (χ0) is 21.5.